The molecule has 1 amide bonds. The van der Waals surface area contributed by atoms with Crippen molar-refractivity contribution in [3.05, 3.63) is 24.0 Å². The Morgan fingerprint density at radius 3 is 3.06 bits per heavy atom. The molecule has 0 aliphatic carbocycles. The van der Waals surface area contributed by atoms with Crippen LogP contribution in [0.3, 0.4) is 0 Å². The second kappa shape index (κ2) is 5.82. The van der Waals surface area contributed by atoms with Crippen molar-refractivity contribution in [2.45, 2.75) is 25.8 Å². The molecular formula is C13H19N3O2. The van der Waals surface area contributed by atoms with E-state index in [-0.39, 0.29) is 17.7 Å². The summed E-state index contributed by atoms with van der Waals surface area (Å²) in [7, 11) is 0. The summed E-state index contributed by atoms with van der Waals surface area (Å²) >= 11 is 0. The lowest BCUT2D eigenvalue weighted by molar-refractivity contribution is 0.0691. The Bertz CT molecular complexity index is 416. The van der Waals surface area contributed by atoms with Crippen molar-refractivity contribution in [2.24, 2.45) is 0 Å². The van der Waals surface area contributed by atoms with E-state index < -0.39 is 0 Å². The lowest BCUT2D eigenvalue weighted by atomic mass is 10.1. The van der Waals surface area contributed by atoms with Crippen LogP contribution in [0.15, 0.2) is 18.5 Å². The lowest BCUT2D eigenvalue weighted by Gasteiger charge is -2.28. The Balaban J connectivity index is 2.17. The first-order valence-electron chi connectivity index (χ1n) is 6.38. The van der Waals surface area contributed by atoms with Crippen LogP contribution in [0.25, 0.3) is 0 Å². The first-order chi connectivity index (χ1) is 8.72. The van der Waals surface area contributed by atoms with Crippen molar-refractivity contribution < 1.29 is 9.90 Å². The molecule has 1 aromatic heterocycles. The smallest absolute Gasteiger partial charge is 0.255 e. The van der Waals surface area contributed by atoms with Crippen molar-refractivity contribution >= 4 is 5.91 Å². The van der Waals surface area contributed by atoms with Gasteiger partial charge in [0.1, 0.15) is 5.75 Å². The van der Waals surface area contributed by atoms with Crippen LogP contribution in [0.2, 0.25) is 0 Å². The van der Waals surface area contributed by atoms with E-state index in [1.165, 1.54) is 18.5 Å². The molecule has 2 N–H and O–H groups in total. The average molecular weight is 249 g/mol. The van der Waals surface area contributed by atoms with E-state index in [9.17, 15) is 9.90 Å². The highest BCUT2D eigenvalue weighted by molar-refractivity contribution is 5.94. The molecule has 0 bridgehead atoms. The molecule has 1 aliphatic heterocycles. The number of pyridine rings is 1. The number of aromatic hydroxyl groups is 1. The molecule has 98 valence electrons. The molecule has 0 aromatic carbocycles. The summed E-state index contributed by atoms with van der Waals surface area (Å²) in [6.45, 7) is 4.60. The SMILES string of the molecule is CCCN(C(=O)c1cncc(O)c1)C1CCNC1. The minimum atomic E-state index is -0.0473. The molecule has 0 spiro atoms. The van der Waals surface area contributed by atoms with Gasteiger partial charge in [-0.1, -0.05) is 6.92 Å². The monoisotopic (exact) mass is 249 g/mol. The molecule has 1 aliphatic rings. The number of carbonyl (C=O) groups is 1. The summed E-state index contributed by atoms with van der Waals surface area (Å²) < 4.78 is 0. The number of hydrogen-bond donors (Lipinski definition) is 2. The summed E-state index contributed by atoms with van der Waals surface area (Å²) in [6.07, 6.45) is 4.75. The van der Waals surface area contributed by atoms with Crippen LogP contribution in [-0.4, -0.2) is 46.6 Å². The fourth-order valence-corrected chi connectivity index (χ4v) is 2.31. The standard InChI is InChI=1S/C13H19N3O2/c1-2-5-16(11-3-4-14-8-11)13(18)10-6-12(17)9-15-7-10/h6-7,9,11,14,17H,2-5,8H2,1H3. The Morgan fingerprint density at radius 1 is 1.61 bits per heavy atom. The van der Waals surface area contributed by atoms with Crippen LogP contribution < -0.4 is 5.32 Å². The first kappa shape index (κ1) is 12.8. The number of hydrogen-bond acceptors (Lipinski definition) is 4. The summed E-state index contributed by atoms with van der Waals surface area (Å²) in [4.78, 5) is 18.2. The molecule has 1 unspecified atom stereocenters. The second-order valence-corrected chi connectivity index (χ2v) is 4.58. The molecule has 5 heteroatoms. The highest BCUT2D eigenvalue weighted by Gasteiger charge is 2.26. The third-order valence-electron chi connectivity index (χ3n) is 3.17. The van der Waals surface area contributed by atoms with Crippen LogP contribution in [0, 0.1) is 0 Å². The van der Waals surface area contributed by atoms with E-state index in [1.54, 1.807) is 0 Å². The van der Waals surface area contributed by atoms with Gasteiger partial charge in [-0.3, -0.25) is 9.78 Å². The Kier molecular flexibility index (Phi) is 4.15. The number of rotatable bonds is 4. The molecule has 2 rings (SSSR count). The summed E-state index contributed by atoms with van der Waals surface area (Å²) in [5, 5.41) is 12.7. The molecule has 1 saturated heterocycles. The molecular weight excluding hydrogens is 230 g/mol. The van der Waals surface area contributed by atoms with Gasteiger partial charge in [0.05, 0.1) is 11.8 Å². The van der Waals surface area contributed by atoms with Gasteiger partial charge in [0.25, 0.3) is 5.91 Å². The van der Waals surface area contributed by atoms with E-state index >= 15 is 0 Å². The molecule has 0 radical (unpaired) electrons. The van der Waals surface area contributed by atoms with Crippen molar-refractivity contribution in [3.8, 4) is 5.75 Å². The van der Waals surface area contributed by atoms with Gasteiger partial charge in [0.15, 0.2) is 0 Å². The zero-order chi connectivity index (χ0) is 13.0. The van der Waals surface area contributed by atoms with Gasteiger partial charge in [-0.25, -0.2) is 0 Å². The number of nitrogens with one attached hydrogen (secondary N) is 1. The Morgan fingerprint density at radius 2 is 2.44 bits per heavy atom. The third-order valence-corrected chi connectivity index (χ3v) is 3.17. The van der Waals surface area contributed by atoms with E-state index in [0.717, 1.165) is 32.5 Å². The summed E-state index contributed by atoms with van der Waals surface area (Å²) in [5.74, 6) is -0.0178. The molecule has 2 heterocycles. The molecule has 18 heavy (non-hydrogen) atoms. The summed E-state index contributed by atoms with van der Waals surface area (Å²) in [6, 6.07) is 1.72. The predicted molar refractivity (Wildman–Crippen MR) is 68.5 cm³/mol. The zero-order valence-electron chi connectivity index (χ0n) is 10.6. The van der Waals surface area contributed by atoms with Gasteiger partial charge in [-0.05, 0) is 25.5 Å². The number of nitrogens with zero attached hydrogens (tertiary/aromatic N) is 2. The first-order valence-corrected chi connectivity index (χ1v) is 6.38. The molecule has 1 atom stereocenters. The topological polar surface area (TPSA) is 65.5 Å². The maximum absolute atomic E-state index is 12.4. The van der Waals surface area contributed by atoms with Crippen LogP contribution in [-0.2, 0) is 0 Å². The van der Waals surface area contributed by atoms with Crippen LogP contribution in [0.5, 0.6) is 5.75 Å². The van der Waals surface area contributed by atoms with Gasteiger partial charge in [-0.15, -0.1) is 0 Å². The molecule has 0 saturated carbocycles. The van der Waals surface area contributed by atoms with Crippen molar-refractivity contribution in [3.63, 3.8) is 0 Å². The van der Waals surface area contributed by atoms with Gasteiger partial charge < -0.3 is 15.3 Å². The van der Waals surface area contributed by atoms with Gasteiger partial charge in [0.2, 0.25) is 0 Å². The van der Waals surface area contributed by atoms with E-state index in [0.29, 0.717) is 5.56 Å². The van der Waals surface area contributed by atoms with Gasteiger partial charge in [0, 0.05) is 25.3 Å². The van der Waals surface area contributed by atoms with Crippen molar-refractivity contribution in [1.29, 1.82) is 0 Å². The average Bonchev–Trinajstić information content (AvgIpc) is 2.89. The Labute approximate surface area is 107 Å². The minimum absolute atomic E-state index is 0.0295. The summed E-state index contributed by atoms with van der Waals surface area (Å²) in [5.41, 5.74) is 0.454. The molecule has 1 fully saturated rings. The maximum atomic E-state index is 12.4. The predicted octanol–water partition coefficient (Wildman–Crippen LogP) is 1.00. The minimum Gasteiger partial charge on any atom is -0.506 e. The van der Waals surface area contributed by atoms with E-state index in [2.05, 4.69) is 17.2 Å². The van der Waals surface area contributed by atoms with Gasteiger partial charge in [-0.2, -0.15) is 0 Å². The second-order valence-electron chi connectivity index (χ2n) is 4.58. The van der Waals surface area contributed by atoms with E-state index in [4.69, 9.17) is 0 Å². The fraction of sp³-hybridized carbons (Fsp3) is 0.538. The Hall–Kier alpha value is -1.62. The maximum Gasteiger partial charge on any atom is 0.255 e. The number of amides is 1. The highest BCUT2D eigenvalue weighted by Crippen LogP contribution is 2.16. The number of aromatic nitrogens is 1. The number of carbonyl (C=O) groups excluding carboxylic acids is 1. The molecule has 5 nitrogen and oxygen atoms in total. The van der Waals surface area contributed by atoms with Gasteiger partial charge >= 0.3 is 0 Å². The van der Waals surface area contributed by atoms with Crippen LogP contribution >= 0.6 is 0 Å². The van der Waals surface area contributed by atoms with Crippen LogP contribution in [0.4, 0.5) is 0 Å². The van der Waals surface area contributed by atoms with E-state index in [1.807, 2.05) is 4.90 Å². The normalized spacial score (nSPS) is 18.8. The third kappa shape index (κ3) is 2.79. The highest BCUT2D eigenvalue weighted by atomic mass is 16.3. The van der Waals surface area contributed by atoms with Crippen molar-refractivity contribution in [1.82, 2.24) is 15.2 Å². The van der Waals surface area contributed by atoms with Crippen molar-refractivity contribution in [2.75, 3.05) is 19.6 Å². The van der Waals surface area contributed by atoms with Crippen LogP contribution in [0.1, 0.15) is 30.1 Å². The fourth-order valence-electron chi connectivity index (χ4n) is 2.31. The molecule has 1 aromatic rings. The quantitative estimate of drug-likeness (QED) is 0.835. The largest absolute Gasteiger partial charge is 0.506 e. The lowest BCUT2D eigenvalue weighted by Crippen LogP contribution is -2.42. The zero-order valence-corrected chi connectivity index (χ0v) is 10.6.